The predicted molar refractivity (Wildman–Crippen MR) is 65.9 cm³/mol. The van der Waals surface area contributed by atoms with Crippen molar-refractivity contribution >= 4 is 16.0 Å². The van der Waals surface area contributed by atoms with Gasteiger partial charge in [-0.25, -0.2) is 13.1 Å². The molecule has 0 fully saturated rings. The lowest BCUT2D eigenvalue weighted by Gasteiger charge is -2.15. The van der Waals surface area contributed by atoms with Gasteiger partial charge in [0, 0.05) is 12.6 Å². The van der Waals surface area contributed by atoms with Crippen LogP contribution < -0.4 is 10.5 Å². The van der Waals surface area contributed by atoms with E-state index in [4.69, 9.17) is 5.73 Å². The van der Waals surface area contributed by atoms with Gasteiger partial charge in [0.15, 0.2) is 0 Å². The van der Waals surface area contributed by atoms with Crippen molar-refractivity contribution in [3.8, 4) is 0 Å². The third-order valence-corrected chi connectivity index (χ3v) is 3.58. The highest BCUT2D eigenvalue weighted by Crippen LogP contribution is 1.99. The lowest BCUT2D eigenvalue weighted by molar-refractivity contribution is -0.142. The Labute approximate surface area is 103 Å². The molecule has 1 unspecified atom stereocenters. The van der Waals surface area contributed by atoms with Gasteiger partial charge in [0.2, 0.25) is 10.0 Å². The number of ether oxygens (including phenoxy) is 1. The van der Waals surface area contributed by atoms with Crippen LogP contribution in [0.5, 0.6) is 0 Å². The van der Waals surface area contributed by atoms with Crippen molar-refractivity contribution < 1.29 is 17.9 Å². The van der Waals surface area contributed by atoms with Gasteiger partial charge in [-0.05, 0) is 13.3 Å². The topological polar surface area (TPSA) is 98.5 Å². The number of sulfonamides is 1. The van der Waals surface area contributed by atoms with Crippen molar-refractivity contribution in [3.63, 3.8) is 0 Å². The molecule has 0 aromatic carbocycles. The number of esters is 1. The van der Waals surface area contributed by atoms with Crippen LogP contribution in [-0.2, 0) is 19.6 Å². The number of nitrogens with two attached hydrogens (primary N) is 1. The summed E-state index contributed by atoms with van der Waals surface area (Å²) >= 11 is 0. The molecule has 3 N–H and O–H groups in total. The summed E-state index contributed by atoms with van der Waals surface area (Å²) in [6.45, 7) is 4.14. The molecule has 17 heavy (non-hydrogen) atoms. The molecule has 6 nitrogen and oxygen atoms in total. The van der Waals surface area contributed by atoms with Crippen LogP contribution in [0.25, 0.3) is 0 Å². The summed E-state index contributed by atoms with van der Waals surface area (Å²) in [6.07, 6.45) is 1.41. The van der Waals surface area contributed by atoms with E-state index in [0.29, 0.717) is 6.42 Å². The molecule has 0 amide bonds. The molecular formula is C10H22N2O4S. The Hall–Kier alpha value is -0.660. The maximum absolute atomic E-state index is 11.6. The van der Waals surface area contributed by atoms with Crippen LogP contribution in [0, 0.1) is 0 Å². The molecule has 0 saturated heterocycles. The Morgan fingerprint density at radius 3 is 2.53 bits per heavy atom. The SMILES string of the molecule is CCCC(CN)NS(=O)(=O)CCC(=O)OCC. The summed E-state index contributed by atoms with van der Waals surface area (Å²) in [5.74, 6) is -0.760. The summed E-state index contributed by atoms with van der Waals surface area (Å²) in [7, 11) is -3.46. The van der Waals surface area contributed by atoms with Crippen molar-refractivity contribution in [2.24, 2.45) is 5.73 Å². The fourth-order valence-electron chi connectivity index (χ4n) is 1.34. The maximum Gasteiger partial charge on any atom is 0.306 e. The molecular weight excluding hydrogens is 244 g/mol. The molecule has 0 saturated carbocycles. The summed E-state index contributed by atoms with van der Waals surface area (Å²) < 4.78 is 30.4. The molecule has 102 valence electrons. The van der Waals surface area contributed by atoms with Crippen molar-refractivity contribution in [2.75, 3.05) is 18.9 Å². The highest BCUT2D eigenvalue weighted by molar-refractivity contribution is 7.89. The number of hydrogen-bond acceptors (Lipinski definition) is 5. The highest BCUT2D eigenvalue weighted by Gasteiger charge is 2.17. The fraction of sp³-hybridized carbons (Fsp3) is 0.900. The quantitative estimate of drug-likeness (QED) is 0.572. The van der Waals surface area contributed by atoms with Crippen molar-refractivity contribution in [2.45, 2.75) is 39.2 Å². The van der Waals surface area contributed by atoms with Gasteiger partial charge in [0.1, 0.15) is 0 Å². The minimum Gasteiger partial charge on any atom is -0.466 e. The second-order valence-electron chi connectivity index (χ2n) is 3.71. The summed E-state index contributed by atoms with van der Waals surface area (Å²) in [4.78, 5) is 11.0. The number of rotatable bonds is 9. The first-order valence-electron chi connectivity index (χ1n) is 5.80. The van der Waals surface area contributed by atoms with Gasteiger partial charge in [-0.2, -0.15) is 0 Å². The smallest absolute Gasteiger partial charge is 0.306 e. The maximum atomic E-state index is 11.6. The molecule has 0 heterocycles. The van der Waals surface area contributed by atoms with Crippen molar-refractivity contribution in [3.05, 3.63) is 0 Å². The van der Waals surface area contributed by atoms with Gasteiger partial charge in [0.25, 0.3) is 0 Å². The van der Waals surface area contributed by atoms with E-state index in [-0.39, 0.29) is 31.4 Å². The lowest BCUT2D eigenvalue weighted by atomic mass is 10.2. The minimum absolute atomic E-state index is 0.132. The minimum atomic E-state index is -3.46. The van der Waals surface area contributed by atoms with Gasteiger partial charge < -0.3 is 10.5 Å². The molecule has 0 spiro atoms. The molecule has 0 aliphatic carbocycles. The van der Waals surface area contributed by atoms with Crippen molar-refractivity contribution in [1.29, 1.82) is 0 Å². The standard InChI is InChI=1S/C10H22N2O4S/c1-3-5-9(8-11)12-17(14,15)7-6-10(13)16-4-2/h9,12H,3-8,11H2,1-2H3. The van der Waals surface area contributed by atoms with E-state index in [1.165, 1.54) is 0 Å². The zero-order chi connectivity index (χ0) is 13.3. The van der Waals surface area contributed by atoms with Crippen LogP contribution in [0.4, 0.5) is 0 Å². The summed E-state index contributed by atoms with van der Waals surface area (Å²) in [5.41, 5.74) is 5.45. The zero-order valence-corrected chi connectivity index (χ0v) is 11.3. The lowest BCUT2D eigenvalue weighted by Crippen LogP contribution is -2.41. The molecule has 0 rings (SSSR count). The first kappa shape index (κ1) is 16.3. The Bertz CT molecular complexity index is 316. The third-order valence-electron chi connectivity index (χ3n) is 2.15. The van der Waals surface area contributed by atoms with E-state index in [9.17, 15) is 13.2 Å². The molecule has 0 radical (unpaired) electrons. The predicted octanol–water partition coefficient (Wildman–Crippen LogP) is -0.0136. The fourth-order valence-corrected chi connectivity index (χ4v) is 2.61. The number of hydrogen-bond donors (Lipinski definition) is 2. The van der Waals surface area contributed by atoms with Crippen LogP contribution in [-0.4, -0.2) is 39.3 Å². The number of carbonyl (C=O) groups excluding carboxylic acids is 1. The average molecular weight is 266 g/mol. The molecule has 0 aromatic heterocycles. The average Bonchev–Trinajstić information content (AvgIpc) is 2.26. The van der Waals surface area contributed by atoms with Crippen LogP contribution >= 0.6 is 0 Å². The van der Waals surface area contributed by atoms with E-state index in [1.54, 1.807) is 6.92 Å². The van der Waals surface area contributed by atoms with E-state index < -0.39 is 16.0 Å². The number of carbonyl (C=O) groups is 1. The molecule has 0 aromatic rings. The normalized spacial score (nSPS) is 13.4. The van der Waals surface area contributed by atoms with Gasteiger partial charge in [0.05, 0.1) is 18.8 Å². The van der Waals surface area contributed by atoms with E-state index in [0.717, 1.165) is 6.42 Å². The van der Waals surface area contributed by atoms with E-state index in [1.807, 2.05) is 6.92 Å². The number of nitrogens with one attached hydrogen (secondary N) is 1. The summed E-state index contributed by atoms with van der Waals surface area (Å²) in [5, 5.41) is 0. The molecule has 0 bridgehead atoms. The molecule has 0 aliphatic heterocycles. The van der Waals surface area contributed by atoms with Gasteiger partial charge in [-0.15, -0.1) is 0 Å². The van der Waals surface area contributed by atoms with E-state index >= 15 is 0 Å². The Kier molecular flexibility index (Phi) is 8.11. The molecule has 1 atom stereocenters. The first-order chi connectivity index (χ1) is 7.95. The van der Waals surface area contributed by atoms with Crippen LogP contribution in [0.2, 0.25) is 0 Å². The molecule has 0 aliphatic rings. The second kappa shape index (κ2) is 8.43. The molecule has 7 heteroatoms. The first-order valence-corrected chi connectivity index (χ1v) is 7.46. The highest BCUT2D eigenvalue weighted by atomic mass is 32.2. The van der Waals surface area contributed by atoms with Gasteiger partial charge >= 0.3 is 5.97 Å². The van der Waals surface area contributed by atoms with Gasteiger partial charge in [-0.1, -0.05) is 13.3 Å². The third kappa shape index (κ3) is 8.12. The second-order valence-corrected chi connectivity index (χ2v) is 5.59. The van der Waals surface area contributed by atoms with Gasteiger partial charge in [-0.3, -0.25) is 4.79 Å². The summed E-state index contributed by atoms with van der Waals surface area (Å²) in [6, 6.07) is -0.257. The van der Waals surface area contributed by atoms with Crippen LogP contribution in [0.15, 0.2) is 0 Å². The monoisotopic (exact) mass is 266 g/mol. The van der Waals surface area contributed by atoms with Crippen molar-refractivity contribution in [1.82, 2.24) is 4.72 Å². The largest absolute Gasteiger partial charge is 0.466 e. The Morgan fingerprint density at radius 1 is 1.41 bits per heavy atom. The van der Waals surface area contributed by atoms with Crippen LogP contribution in [0.3, 0.4) is 0 Å². The van der Waals surface area contributed by atoms with Crippen LogP contribution in [0.1, 0.15) is 33.1 Å². The van der Waals surface area contributed by atoms with E-state index in [2.05, 4.69) is 9.46 Å². The zero-order valence-electron chi connectivity index (χ0n) is 10.4. The Balaban J connectivity index is 4.14. The Morgan fingerprint density at radius 2 is 2.06 bits per heavy atom.